The zero-order valence-corrected chi connectivity index (χ0v) is 66.1. The molecule has 0 atom stereocenters. The van der Waals surface area contributed by atoms with Crippen LogP contribution in [0.3, 0.4) is 0 Å². The summed E-state index contributed by atoms with van der Waals surface area (Å²) in [6.45, 7) is 13.4. The first kappa shape index (κ1) is 91.6. The third kappa shape index (κ3) is 70.8. The van der Waals surface area contributed by atoms with Crippen molar-refractivity contribution in [3.05, 3.63) is 24.6 Å². The quantitative estimate of drug-likeness (QED) is 0.0609. The lowest BCUT2D eigenvalue weighted by atomic mass is 10.0. The lowest BCUT2D eigenvalue weighted by Gasteiger charge is -2.19. The number of rotatable bonds is 85. The highest BCUT2D eigenvalue weighted by Gasteiger charge is 2.16. The Morgan fingerprint density at radius 3 is 0.442 bits per heavy atom. The average Bonchev–Trinajstić information content (AvgIpc) is 0.908. The van der Waals surface area contributed by atoms with Gasteiger partial charge in [-0.05, 0) is 50.3 Å². The van der Waals surface area contributed by atoms with E-state index in [0.29, 0.717) is 0 Å². The van der Waals surface area contributed by atoms with Gasteiger partial charge in [-0.25, -0.2) is 0 Å². The molecule has 0 amide bonds. The van der Waals surface area contributed by atoms with E-state index >= 15 is 0 Å². The van der Waals surface area contributed by atoms with Crippen LogP contribution in [0.5, 0.6) is 17.2 Å². The molecule has 3 nitrogen and oxygen atoms in total. The van der Waals surface area contributed by atoms with E-state index in [2.05, 4.69) is 39.8 Å². The van der Waals surface area contributed by atoms with Gasteiger partial charge in [0.05, 0.1) is 19.8 Å². The number of hydrogen-bond acceptors (Lipinski definition) is 3. The van der Waals surface area contributed by atoms with E-state index in [4.69, 9.17) is 14.2 Å². The summed E-state index contributed by atoms with van der Waals surface area (Å²) >= 11 is 0. The van der Waals surface area contributed by atoms with Gasteiger partial charge < -0.3 is 14.2 Å². The van der Waals surface area contributed by atoms with Crippen LogP contribution in [0.25, 0.3) is 0 Å². The molecule has 563 valence electrons. The van der Waals surface area contributed by atoms with Gasteiger partial charge in [0.15, 0.2) is 11.5 Å². The highest BCUT2D eigenvalue weighted by Crippen LogP contribution is 2.40. The maximum Gasteiger partial charge on any atom is 0.203 e. The minimum atomic E-state index is 0.728. The van der Waals surface area contributed by atoms with Crippen molar-refractivity contribution in [3.8, 4) is 17.2 Å². The van der Waals surface area contributed by atoms with Crippen molar-refractivity contribution in [2.75, 3.05) is 19.8 Å². The maximum absolute atomic E-state index is 6.68. The molecule has 0 aliphatic carbocycles. The van der Waals surface area contributed by atoms with Crippen molar-refractivity contribution in [2.45, 2.75) is 528 Å². The molecular formula is C92H177O3. The topological polar surface area (TPSA) is 27.7 Å². The van der Waals surface area contributed by atoms with Crippen LogP contribution in [0.2, 0.25) is 0 Å². The highest BCUT2D eigenvalue weighted by atomic mass is 16.5. The molecule has 0 unspecified atom stereocenters. The Balaban J connectivity index is 2.29. The lowest BCUT2D eigenvalue weighted by molar-refractivity contribution is 0.234. The molecule has 1 aromatic carbocycles. The van der Waals surface area contributed by atoms with E-state index in [1.165, 1.54) is 487 Å². The zero-order valence-electron chi connectivity index (χ0n) is 66.1. The Bertz CT molecular complexity index is 1460. The van der Waals surface area contributed by atoms with Gasteiger partial charge in [0.1, 0.15) is 0 Å². The van der Waals surface area contributed by atoms with Crippen LogP contribution in [0, 0.1) is 6.92 Å². The molecule has 0 fully saturated rings. The van der Waals surface area contributed by atoms with Crippen molar-refractivity contribution in [3.63, 3.8) is 0 Å². The van der Waals surface area contributed by atoms with Crippen LogP contribution < -0.4 is 14.2 Å². The van der Waals surface area contributed by atoms with Crippen LogP contribution in [-0.4, -0.2) is 19.8 Å². The zero-order chi connectivity index (χ0) is 67.8. The molecule has 0 aliphatic heterocycles. The SMILES string of the molecule is [CH2]Cc1cc(OCCCCCCCCCCCCCCCCCCCCCCCCCCCC)c(OCCCCCCCCCCCCCCCCCCCCCCCCCCCC)c(OCCCCCCCCCCCCCCCCCCCCCCCCCCCC)c1. The molecule has 0 aliphatic rings. The standard InChI is InChI=1S/C92H177O3/c1-5-9-12-15-18-21-24-27-30-33-36-39-42-45-48-51-54-57-60-63-66-69-72-75-78-81-84-93-90-87-89(8-4)88-91(94-85-82-79-76-73-70-67-64-61-58-55-52-49-46-43-40-37-34-31-28-25-22-19-16-13-10-6-2)92(90)95-86-83-80-77-74-71-68-65-62-59-56-53-50-47-44-41-38-35-32-29-26-23-20-17-14-11-7-3/h87-88H,4-86H2,1-3H3. The number of hydrogen-bond donors (Lipinski definition) is 0. The second kappa shape index (κ2) is 81.6. The summed E-state index contributed by atoms with van der Waals surface area (Å²) in [6, 6.07) is 4.39. The average molecular weight is 1330 g/mol. The van der Waals surface area contributed by atoms with E-state index in [-0.39, 0.29) is 0 Å². The molecule has 0 N–H and O–H groups in total. The van der Waals surface area contributed by atoms with Gasteiger partial charge in [0.25, 0.3) is 0 Å². The molecule has 0 aromatic heterocycles. The minimum absolute atomic E-state index is 0.728. The number of unbranched alkanes of at least 4 members (excludes halogenated alkanes) is 75. The normalized spacial score (nSPS) is 11.7. The highest BCUT2D eigenvalue weighted by molar-refractivity contribution is 5.54. The van der Waals surface area contributed by atoms with Gasteiger partial charge in [-0.1, -0.05) is 502 Å². The Hall–Kier alpha value is -1.38. The summed E-state index contributed by atoms with van der Waals surface area (Å²) in [5.41, 5.74) is 1.18. The second-order valence-electron chi connectivity index (χ2n) is 31.2. The van der Waals surface area contributed by atoms with Crippen LogP contribution in [0.1, 0.15) is 527 Å². The summed E-state index contributed by atoms with van der Waals surface area (Å²) in [6.07, 6.45) is 112. The molecule has 1 rings (SSSR count). The largest absolute Gasteiger partial charge is 0.490 e. The van der Waals surface area contributed by atoms with Gasteiger partial charge in [0.2, 0.25) is 5.75 Å². The van der Waals surface area contributed by atoms with Gasteiger partial charge >= 0.3 is 0 Å². The molecule has 1 radical (unpaired) electrons. The Morgan fingerprint density at radius 1 is 0.179 bits per heavy atom. The molecular weight excluding hydrogens is 1150 g/mol. The van der Waals surface area contributed by atoms with Crippen molar-refractivity contribution >= 4 is 0 Å². The maximum atomic E-state index is 6.68. The first-order valence-corrected chi connectivity index (χ1v) is 45.1. The van der Waals surface area contributed by atoms with Crippen molar-refractivity contribution in [1.29, 1.82) is 0 Å². The smallest absolute Gasteiger partial charge is 0.203 e. The Kier molecular flexibility index (Phi) is 78.7. The van der Waals surface area contributed by atoms with Gasteiger partial charge in [0, 0.05) is 0 Å². The van der Waals surface area contributed by atoms with Gasteiger partial charge in [-0.2, -0.15) is 0 Å². The van der Waals surface area contributed by atoms with E-state index in [9.17, 15) is 0 Å². The third-order valence-electron chi connectivity index (χ3n) is 21.6. The van der Waals surface area contributed by atoms with Crippen LogP contribution in [0.4, 0.5) is 0 Å². The molecule has 0 heterocycles. The monoisotopic (exact) mass is 1330 g/mol. The fraction of sp³-hybridized carbons (Fsp3) is 0.924. The first-order valence-electron chi connectivity index (χ1n) is 45.1. The minimum Gasteiger partial charge on any atom is -0.490 e. The van der Waals surface area contributed by atoms with Crippen LogP contribution in [0.15, 0.2) is 12.1 Å². The van der Waals surface area contributed by atoms with Crippen LogP contribution in [-0.2, 0) is 6.42 Å². The van der Waals surface area contributed by atoms with E-state index in [1.807, 2.05) is 0 Å². The predicted molar refractivity (Wildman–Crippen MR) is 429 cm³/mol. The van der Waals surface area contributed by atoms with Crippen molar-refractivity contribution < 1.29 is 14.2 Å². The second-order valence-corrected chi connectivity index (χ2v) is 31.2. The Labute approximate surface area is 600 Å². The number of benzene rings is 1. The van der Waals surface area contributed by atoms with E-state index in [0.717, 1.165) is 62.8 Å². The summed E-state index contributed by atoms with van der Waals surface area (Å²) in [5, 5.41) is 0. The molecule has 1 aromatic rings. The third-order valence-corrected chi connectivity index (χ3v) is 21.6. The Morgan fingerprint density at radius 2 is 0.305 bits per heavy atom. The van der Waals surface area contributed by atoms with Gasteiger partial charge in [-0.15, -0.1) is 0 Å². The van der Waals surface area contributed by atoms with Gasteiger partial charge in [-0.3, -0.25) is 0 Å². The summed E-state index contributed by atoms with van der Waals surface area (Å²) in [5.74, 6) is 2.59. The van der Waals surface area contributed by atoms with E-state index in [1.54, 1.807) is 0 Å². The fourth-order valence-electron chi connectivity index (χ4n) is 14.9. The van der Waals surface area contributed by atoms with Crippen LogP contribution >= 0.6 is 0 Å². The summed E-state index contributed by atoms with van der Waals surface area (Å²) < 4.78 is 19.9. The molecule has 95 heavy (non-hydrogen) atoms. The van der Waals surface area contributed by atoms with Crippen molar-refractivity contribution in [1.82, 2.24) is 0 Å². The van der Waals surface area contributed by atoms with E-state index < -0.39 is 0 Å². The lowest BCUT2D eigenvalue weighted by Crippen LogP contribution is -2.07. The summed E-state index contributed by atoms with van der Waals surface area (Å²) in [7, 11) is 0. The predicted octanol–water partition coefficient (Wildman–Crippen LogP) is 33.7. The fourth-order valence-corrected chi connectivity index (χ4v) is 14.9. The molecule has 0 saturated carbocycles. The summed E-state index contributed by atoms with van der Waals surface area (Å²) in [4.78, 5) is 0. The molecule has 0 bridgehead atoms. The first-order chi connectivity index (χ1) is 47.3. The number of ether oxygens (including phenoxy) is 3. The molecule has 3 heteroatoms. The molecule has 0 spiro atoms. The molecule has 0 saturated heterocycles. The van der Waals surface area contributed by atoms with Crippen molar-refractivity contribution in [2.24, 2.45) is 0 Å².